The summed E-state index contributed by atoms with van der Waals surface area (Å²) in [6, 6.07) is 10.3. The molecule has 0 saturated carbocycles. The number of aryl methyl sites for hydroxylation is 3. The number of nitrogens with one attached hydrogen (secondary N) is 1. The van der Waals surface area contributed by atoms with E-state index in [1.165, 1.54) is 0 Å². The molecule has 0 radical (unpaired) electrons. The number of aromatic carboxylic acids is 1. The molecule has 0 aromatic heterocycles. The van der Waals surface area contributed by atoms with Crippen molar-refractivity contribution < 1.29 is 14.7 Å². The van der Waals surface area contributed by atoms with Gasteiger partial charge in [0.2, 0.25) is 0 Å². The highest BCUT2D eigenvalue weighted by molar-refractivity contribution is 6.07. The molecule has 0 aliphatic carbocycles. The molecule has 0 saturated heterocycles. The van der Waals surface area contributed by atoms with Crippen molar-refractivity contribution in [2.45, 2.75) is 20.8 Å². The molecule has 4 heteroatoms. The Hall–Kier alpha value is -2.62. The molecule has 0 aliphatic rings. The van der Waals surface area contributed by atoms with Gasteiger partial charge in [0.25, 0.3) is 5.91 Å². The van der Waals surface area contributed by atoms with Gasteiger partial charge in [-0.15, -0.1) is 0 Å². The van der Waals surface area contributed by atoms with Crippen molar-refractivity contribution in [3.05, 3.63) is 64.2 Å². The fraction of sp³-hybridized carbons (Fsp3) is 0.176. The number of rotatable bonds is 3. The van der Waals surface area contributed by atoms with Crippen LogP contribution < -0.4 is 5.32 Å². The second-order valence-electron chi connectivity index (χ2n) is 5.11. The summed E-state index contributed by atoms with van der Waals surface area (Å²) in [5, 5.41) is 11.9. The van der Waals surface area contributed by atoms with Crippen LogP contribution in [-0.4, -0.2) is 17.0 Å². The van der Waals surface area contributed by atoms with Crippen LogP contribution in [0.25, 0.3) is 0 Å². The van der Waals surface area contributed by atoms with Crippen LogP contribution in [0.15, 0.2) is 36.4 Å². The third-order valence-corrected chi connectivity index (χ3v) is 3.42. The van der Waals surface area contributed by atoms with Gasteiger partial charge >= 0.3 is 5.97 Å². The molecule has 21 heavy (non-hydrogen) atoms. The van der Waals surface area contributed by atoms with Crippen molar-refractivity contribution in [3.8, 4) is 0 Å². The lowest BCUT2D eigenvalue weighted by Crippen LogP contribution is -2.15. The number of hydrogen-bond acceptors (Lipinski definition) is 2. The number of carbonyl (C=O) groups is 2. The molecule has 0 heterocycles. The highest BCUT2D eigenvalue weighted by Gasteiger charge is 2.14. The second-order valence-corrected chi connectivity index (χ2v) is 5.11. The van der Waals surface area contributed by atoms with Crippen LogP contribution in [0.1, 0.15) is 37.4 Å². The normalized spacial score (nSPS) is 10.2. The third kappa shape index (κ3) is 3.28. The Labute approximate surface area is 123 Å². The zero-order valence-corrected chi connectivity index (χ0v) is 12.2. The van der Waals surface area contributed by atoms with Gasteiger partial charge in [-0.1, -0.05) is 17.7 Å². The topological polar surface area (TPSA) is 66.4 Å². The van der Waals surface area contributed by atoms with Crippen LogP contribution in [-0.2, 0) is 0 Å². The Kier molecular flexibility index (Phi) is 4.08. The van der Waals surface area contributed by atoms with Crippen LogP contribution in [0.5, 0.6) is 0 Å². The molecular weight excluding hydrogens is 266 g/mol. The number of carboxylic acid groups (broad SMARTS) is 1. The summed E-state index contributed by atoms with van der Waals surface area (Å²) in [4.78, 5) is 23.5. The molecule has 0 atom stereocenters. The summed E-state index contributed by atoms with van der Waals surface area (Å²) in [5.41, 5.74) is 3.85. The first kappa shape index (κ1) is 14.8. The van der Waals surface area contributed by atoms with Crippen molar-refractivity contribution in [2.75, 3.05) is 5.32 Å². The van der Waals surface area contributed by atoms with Crippen LogP contribution in [0, 0.1) is 20.8 Å². The van der Waals surface area contributed by atoms with E-state index in [9.17, 15) is 14.7 Å². The van der Waals surface area contributed by atoms with Crippen LogP contribution in [0.4, 0.5) is 5.69 Å². The highest BCUT2D eigenvalue weighted by Crippen LogP contribution is 2.19. The molecular formula is C17H17NO3. The minimum Gasteiger partial charge on any atom is -0.478 e. The Bertz CT molecular complexity index is 720. The molecule has 2 rings (SSSR count). The van der Waals surface area contributed by atoms with Crippen molar-refractivity contribution in [3.63, 3.8) is 0 Å². The van der Waals surface area contributed by atoms with E-state index in [0.717, 1.165) is 16.7 Å². The van der Waals surface area contributed by atoms with Crippen molar-refractivity contribution in [1.29, 1.82) is 0 Å². The smallest absolute Gasteiger partial charge is 0.337 e. The van der Waals surface area contributed by atoms with Crippen molar-refractivity contribution in [1.82, 2.24) is 0 Å². The minimum atomic E-state index is -1.06. The van der Waals surface area contributed by atoms with E-state index in [1.807, 2.05) is 19.9 Å². The summed E-state index contributed by atoms with van der Waals surface area (Å²) in [5.74, 6) is -1.38. The first-order valence-corrected chi connectivity index (χ1v) is 6.61. The predicted octanol–water partition coefficient (Wildman–Crippen LogP) is 3.56. The maximum absolute atomic E-state index is 12.2. The van der Waals surface area contributed by atoms with Gasteiger partial charge in [-0.05, 0) is 56.2 Å². The minimum absolute atomic E-state index is 0.0900. The second kappa shape index (κ2) is 5.79. The highest BCUT2D eigenvalue weighted by atomic mass is 16.4. The number of hydrogen-bond donors (Lipinski definition) is 2. The monoisotopic (exact) mass is 283 g/mol. The maximum atomic E-state index is 12.2. The molecule has 0 unspecified atom stereocenters. The fourth-order valence-corrected chi connectivity index (χ4v) is 2.02. The standard InChI is InChI=1S/C17H17NO3/c1-10-4-7-15(14(8-10)17(20)21)18-16(19)13-6-5-11(2)12(3)9-13/h4-9H,1-3H3,(H,18,19)(H,20,21). The van der Waals surface area contributed by atoms with Gasteiger partial charge in [-0.25, -0.2) is 4.79 Å². The van der Waals surface area contributed by atoms with E-state index >= 15 is 0 Å². The Balaban J connectivity index is 2.31. The third-order valence-electron chi connectivity index (χ3n) is 3.42. The molecule has 4 nitrogen and oxygen atoms in total. The van der Waals surface area contributed by atoms with E-state index in [0.29, 0.717) is 11.3 Å². The molecule has 0 bridgehead atoms. The van der Waals surface area contributed by atoms with Gasteiger partial charge in [0, 0.05) is 5.56 Å². The van der Waals surface area contributed by atoms with E-state index in [2.05, 4.69) is 5.32 Å². The molecule has 0 aliphatic heterocycles. The summed E-state index contributed by atoms with van der Waals surface area (Å²) in [6.07, 6.45) is 0. The number of carboxylic acids is 1. The number of anilines is 1. The van der Waals surface area contributed by atoms with Gasteiger partial charge in [0.05, 0.1) is 11.3 Å². The Morgan fingerprint density at radius 2 is 1.67 bits per heavy atom. The molecule has 0 fully saturated rings. The molecule has 2 aromatic carbocycles. The first-order valence-electron chi connectivity index (χ1n) is 6.61. The molecule has 2 aromatic rings. The van der Waals surface area contributed by atoms with Crippen molar-refractivity contribution in [2.24, 2.45) is 0 Å². The van der Waals surface area contributed by atoms with E-state index in [4.69, 9.17) is 0 Å². The van der Waals surface area contributed by atoms with Gasteiger partial charge in [-0.3, -0.25) is 4.79 Å². The summed E-state index contributed by atoms with van der Waals surface area (Å²) < 4.78 is 0. The maximum Gasteiger partial charge on any atom is 0.337 e. The molecule has 2 N–H and O–H groups in total. The van der Waals surface area contributed by atoms with Crippen molar-refractivity contribution >= 4 is 17.6 Å². The van der Waals surface area contributed by atoms with Crippen LogP contribution in [0.3, 0.4) is 0 Å². The quantitative estimate of drug-likeness (QED) is 0.905. The molecule has 0 spiro atoms. The lowest BCUT2D eigenvalue weighted by Gasteiger charge is -2.10. The van der Waals surface area contributed by atoms with Gasteiger partial charge in [0.1, 0.15) is 0 Å². The fourth-order valence-electron chi connectivity index (χ4n) is 2.02. The largest absolute Gasteiger partial charge is 0.478 e. The molecule has 108 valence electrons. The van der Waals surface area contributed by atoms with E-state index in [-0.39, 0.29) is 11.5 Å². The van der Waals surface area contributed by atoms with Crippen LogP contribution in [0.2, 0.25) is 0 Å². The SMILES string of the molecule is Cc1ccc(NC(=O)c2ccc(C)c(C)c2)c(C(=O)O)c1. The van der Waals surface area contributed by atoms with Crippen LogP contribution >= 0.6 is 0 Å². The summed E-state index contributed by atoms with van der Waals surface area (Å²) in [7, 11) is 0. The Morgan fingerprint density at radius 3 is 2.29 bits per heavy atom. The zero-order chi connectivity index (χ0) is 15.6. The van der Waals surface area contributed by atoms with Gasteiger partial charge in [-0.2, -0.15) is 0 Å². The number of amides is 1. The Morgan fingerprint density at radius 1 is 0.952 bits per heavy atom. The summed E-state index contributed by atoms with van der Waals surface area (Å²) >= 11 is 0. The predicted molar refractivity (Wildman–Crippen MR) is 82.0 cm³/mol. The lowest BCUT2D eigenvalue weighted by molar-refractivity contribution is 0.0698. The molecule has 1 amide bonds. The first-order chi connectivity index (χ1) is 9.88. The number of carbonyl (C=O) groups excluding carboxylic acids is 1. The van der Waals surface area contributed by atoms with E-state index < -0.39 is 5.97 Å². The number of benzene rings is 2. The zero-order valence-electron chi connectivity index (χ0n) is 12.2. The average Bonchev–Trinajstić information content (AvgIpc) is 2.43. The lowest BCUT2D eigenvalue weighted by atomic mass is 10.1. The van der Waals surface area contributed by atoms with Gasteiger partial charge < -0.3 is 10.4 Å². The summed E-state index contributed by atoms with van der Waals surface area (Å²) in [6.45, 7) is 5.71. The van der Waals surface area contributed by atoms with E-state index in [1.54, 1.807) is 37.3 Å². The van der Waals surface area contributed by atoms with Gasteiger partial charge in [0.15, 0.2) is 0 Å². The average molecular weight is 283 g/mol.